The molecule has 1 amide bonds. The molecular weight excluding hydrogens is 422 g/mol. The third kappa shape index (κ3) is 5.76. The van der Waals surface area contributed by atoms with E-state index in [0.29, 0.717) is 33.2 Å². The summed E-state index contributed by atoms with van der Waals surface area (Å²) in [6.45, 7) is 0.351. The van der Waals surface area contributed by atoms with Crippen molar-refractivity contribution < 1.29 is 14.3 Å². The number of halogens is 2. The van der Waals surface area contributed by atoms with Gasteiger partial charge in [0.05, 0.1) is 23.9 Å². The first-order chi connectivity index (χ1) is 12.5. The molecule has 0 bridgehead atoms. The molecule has 2 rings (SSSR count). The number of nitriles is 1. The van der Waals surface area contributed by atoms with Crippen LogP contribution in [0.4, 0.5) is 0 Å². The number of hydrogen-bond acceptors (Lipinski definition) is 5. The van der Waals surface area contributed by atoms with Crippen LogP contribution in [0.25, 0.3) is 0 Å². The van der Waals surface area contributed by atoms with Crippen LogP contribution in [0.3, 0.4) is 0 Å². The van der Waals surface area contributed by atoms with Crippen molar-refractivity contribution in [2.24, 2.45) is 5.10 Å². The summed E-state index contributed by atoms with van der Waals surface area (Å²) in [6.07, 6.45) is 1.20. The zero-order chi connectivity index (χ0) is 18.9. The van der Waals surface area contributed by atoms with E-state index < -0.39 is 5.91 Å². The average Bonchev–Trinajstić information content (AvgIpc) is 2.62. The highest BCUT2D eigenvalue weighted by Gasteiger charge is 2.11. The second-order valence-electron chi connectivity index (χ2n) is 5.08. The summed E-state index contributed by atoms with van der Waals surface area (Å²) in [6, 6.07) is 12.6. The van der Waals surface area contributed by atoms with Crippen molar-refractivity contribution in [3.05, 3.63) is 57.0 Å². The fourth-order valence-corrected chi connectivity index (χ4v) is 2.68. The Morgan fingerprint density at radius 2 is 2.12 bits per heavy atom. The molecule has 0 radical (unpaired) electrons. The molecule has 0 saturated carbocycles. The summed E-state index contributed by atoms with van der Waals surface area (Å²) in [5.74, 6) is 0.587. The molecule has 6 nitrogen and oxygen atoms in total. The first-order valence-electron chi connectivity index (χ1n) is 7.47. The highest BCUT2D eigenvalue weighted by molar-refractivity contribution is 9.10. The summed E-state index contributed by atoms with van der Waals surface area (Å²) in [5, 5.41) is 12.9. The lowest BCUT2D eigenvalue weighted by atomic mass is 10.2. The molecule has 0 aliphatic heterocycles. The van der Waals surface area contributed by atoms with Gasteiger partial charge in [0.15, 0.2) is 11.5 Å². The number of methoxy groups -OCH3 is 1. The van der Waals surface area contributed by atoms with Gasteiger partial charge in [-0.1, -0.05) is 23.7 Å². The molecule has 0 unspecified atom stereocenters. The van der Waals surface area contributed by atoms with Gasteiger partial charge in [0, 0.05) is 5.02 Å². The summed E-state index contributed by atoms with van der Waals surface area (Å²) < 4.78 is 11.9. The molecule has 1 N–H and O–H groups in total. The van der Waals surface area contributed by atoms with Gasteiger partial charge >= 0.3 is 0 Å². The largest absolute Gasteiger partial charge is 0.493 e. The topological polar surface area (TPSA) is 83.7 Å². The highest BCUT2D eigenvalue weighted by Crippen LogP contribution is 2.36. The maximum Gasteiger partial charge on any atom is 0.254 e. The Balaban J connectivity index is 2.10. The molecule has 8 heteroatoms. The second kappa shape index (κ2) is 9.80. The lowest BCUT2D eigenvalue weighted by Crippen LogP contribution is -2.16. The number of hydrogen-bond donors (Lipinski definition) is 1. The number of carbonyl (C=O) groups is 1. The number of ether oxygens (including phenoxy) is 2. The zero-order valence-corrected chi connectivity index (χ0v) is 16.2. The van der Waals surface area contributed by atoms with Crippen LogP contribution in [0.1, 0.15) is 17.5 Å². The molecule has 0 fully saturated rings. The van der Waals surface area contributed by atoms with Crippen molar-refractivity contribution >= 4 is 39.7 Å². The molecule has 0 aliphatic carbocycles. The fourth-order valence-electron chi connectivity index (χ4n) is 1.98. The summed E-state index contributed by atoms with van der Waals surface area (Å²) >= 11 is 9.33. The number of hydrazone groups is 1. The molecule has 26 heavy (non-hydrogen) atoms. The number of amides is 1. The Morgan fingerprint density at radius 3 is 2.77 bits per heavy atom. The first-order valence-corrected chi connectivity index (χ1v) is 8.64. The van der Waals surface area contributed by atoms with E-state index in [-0.39, 0.29) is 6.42 Å². The molecule has 0 heterocycles. The van der Waals surface area contributed by atoms with Crippen LogP contribution in [0.5, 0.6) is 11.5 Å². The fraction of sp³-hybridized carbons (Fsp3) is 0.167. The maximum atomic E-state index is 11.2. The van der Waals surface area contributed by atoms with Gasteiger partial charge in [0.1, 0.15) is 13.0 Å². The van der Waals surface area contributed by atoms with Crippen LogP contribution in [0.2, 0.25) is 5.02 Å². The van der Waals surface area contributed by atoms with E-state index in [0.717, 1.165) is 5.56 Å². The predicted molar refractivity (Wildman–Crippen MR) is 102 cm³/mol. The van der Waals surface area contributed by atoms with E-state index in [4.69, 9.17) is 26.3 Å². The van der Waals surface area contributed by atoms with E-state index in [1.807, 2.05) is 12.1 Å². The maximum absolute atomic E-state index is 11.2. The van der Waals surface area contributed by atoms with Crippen molar-refractivity contribution in [2.45, 2.75) is 13.0 Å². The second-order valence-corrected chi connectivity index (χ2v) is 6.37. The van der Waals surface area contributed by atoms with Crippen LogP contribution < -0.4 is 14.9 Å². The minimum absolute atomic E-state index is 0.248. The molecule has 0 spiro atoms. The van der Waals surface area contributed by atoms with Crippen LogP contribution in [-0.4, -0.2) is 19.2 Å². The SMILES string of the molecule is COc1cc(/C=N/NC(=O)CC#N)cc(Br)c1OCc1ccc(Cl)cc1. The van der Waals surface area contributed by atoms with Gasteiger partial charge < -0.3 is 9.47 Å². The predicted octanol–water partition coefficient (Wildman–Crippen LogP) is 4.05. The van der Waals surface area contributed by atoms with Gasteiger partial charge in [-0.15, -0.1) is 0 Å². The van der Waals surface area contributed by atoms with E-state index in [1.165, 1.54) is 13.3 Å². The quantitative estimate of drug-likeness (QED) is 0.524. The number of benzene rings is 2. The molecule has 2 aromatic rings. The molecular formula is C18H15BrClN3O3. The van der Waals surface area contributed by atoms with Crippen molar-refractivity contribution in [3.8, 4) is 17.6 Å². The number of nitrogens with one attached hydrogen (secondary N) is 1. The monoisotopic (exact) mass is 435 g/mol. The van der Waals surface area contributed by atoms with Crippen LogP contribution >= 0.6 is 27.5 Å². The van der Waals surface area contributed by atoms with Crippen molar-refractivity contribution in [2.75, 3.05) is 7.11 Å². The molecule has 0 saturated heterocycles. The molecule has 0 atom stereocenters. The smallest absolute Gasteiger partial charge is 0.254 e. The molecule has 2 aromatic carbocycles. The Labute approximate surface area is 164 Å². The van der Waals surface area contributed by atoms with Gasteiger partial charge in [0.25, 0.3) is 5.91 Å². The van der Waals surface area contributed by atoms with Crippen LogP contribution in [0, 0.1) is 11.3 Å². The van der Waals surface area contributed by atoms with Gasteiger partial charge in [-0.05, 0) is 51.3 Å². The lowest BCUT2D eigenvalue weighted by molar-refractivity contribution is -0.120. The average molecular weight is 437 g/mol. The van der Waals surface area contributed by atoms with Crippen molar-refractivity contribution in [1.29, 1.82) is 5.26 Å². The molecule has 134 valence electrons. The van der Waals surface area contributed by atoms with Gasteiger partial charge in [0.2, 0.25) is 0 Å². The summed E-state index contributed by atoms with van der Waals surface area (Å²) in [5.41, 5.74) is 3.92. The third-order valence-electron chi connectivity index (χ3n) is 3.19. The van der Waals surface area contributed by atoms with E-state index >= 15 is 0 Å². The summed E-state index contributed by atoms with van der Waals surface area (Å²) in [4.78, 5) is 11.2. The van der Waals surface area contributed by atoms with E-state index in [2.05, 4.69) is 26.5 Å². The van der Waals surface area contributed by atoms with Crippen molar-refractivity contribution in [1.82, 2.24) is 5.43 Å². The number of rotatable bonds is 7. The van der Waals surface area contributed by atoms with Gasteiger partial charge in [-0.2, -0.15) is 10.4 Å². The Morgan fingerprint density at radius 1 is 1.38 bits per heavy atom. The summed E-state index contributed by atoms with van der Waals surface area (Å²) in [7, 11) is 1.53. The number of nitrogens with zero attached hydrogens (tertiary/aromatic N) is 2. The lowest BCUT2D eigenvalue weighted by Gasteiger charge is -2.13. The van der Waals surface area contributed by atoms with Gasteiger partial charge in [-0.25, -0.2) is 5.43 Å². The minimum atomic E-state index is -0.474. The Kier molecular flexibility index (Phi) is 7.45. The van der Waals surface area contributed by atoms with E-state index in [9.17, 15) is 4.79 Å². The van der Waals surface area contributed by atoms with Crippen molar-refractivity contribution in [3.63, 3.8) is 0 Å². The highest BCUT2D eigenvalue weighted by atomic mass is 79.9. The van der Waals surface area contributed by atoms with Crippen LogP contribution in [-0.2, 0) is 11.4 Å². The minimum Gasteiger partial charge on any atom is -0.493 e. The standard InChI is InChI=1S/C18H15BrClN3O3/c1-25-16-9-13(10-22-23-17(24)6-7-21)8-15(19)18(16)26-11-12-2-4-14(20)5-3-12/h2-5,8-10H,6,11H2,1H3,(H,23,24)/b22-10+. The van der Waals surface area contributed by atoms with Gasteiger partial charge in [-0.3, -0.25) is 4.79 Å². The Hall–Kier alpha value is -2.56. The molecule has 0 aromatic heterocycles. The van der Waals surface area contributed by atoms with Crippen LogP contribution in [0.15, 0.2) is 46.0 Å². The van der Waals surface area contributed by atoms with E-state index in [1.54, 1.807) is 30.3 Å². The first kappa shape index (κ1) is 19.8. The normalized spacial score (nSPS) is 10.4. The molecule has 0 aliphatic rings. The number of carbonyl (C=O) groups excluding carboxylic acids is 1. The zero-order valence-electron chi connectivity index (χ0n) is 13.8. The Bertz CT molecular complexity index is 848. The third-order valence-corrected chi connectivity index (χ3v) is 4.03.